The van der Waals surface area contributed by atoms with E-state index in [2.05, 4.69) is 20.5 Å². The van der Waals surface area contributed by atoms with Crippen LogP contribution in [-0.2, 0) is 13.0 Å². The first-order chi connectivity index (χ1) is 12.2. The number of nitrogens with zero attached hydrogens (tertiary/aromatic N) is 2. The number of hydrogen-bond acceptors (Lipinski definition) is 4. The van der Waals surface area contributed by atoms with Gasteiger partial charge in [-0.15, -0.1) is 0 Å². The molecule has 0 saturated carbocycles. The molecule has 3 rings (SSSR count). The summed E-state index contributed by atoms with van der Waals surface area (Å²) in [6.45, 7) is 4.59. The zero-order valence-electron chi connectivity index (χ0n) is 14.7. The maximum absolute atomic E-state index is 12.0. The molecule has 134 valence electrons. The average Bonchev–Trinajstić information content (AvgIpc) is 3.14. The van der Waals surface area contributed by atoms with Gasteiger partial charge < -0.3 is 20.0 Å². The van der Waals surface area contributed by atoms with Crippen molar-refractivity contribution in [2.75, 3.05) is 18.0 Å². The Hall–Kier alpha value is -2.50. The molecule has 6 nitrogen and oxygen atoms in total. The predicted octanol–water partition coefficient (Wildman–Crippen LogP) is 3.10. The van der Waals surface area contributed by atoms with Gasteiger partial charge in [-0.3, -0.25) is 0 Å². The molecule has 25 heavy (non-hydrogen) atoms. The second-order valence-electron chi connectivity index (χ2n) is 6.58. The van der Waals surface area contributed by atoms with Crippen LogP contribution in [-0.4, -0.2) is 30.1 Å². The van der Waals surface area contributed by atoms with Crippen LogP contribution in [0.2, 0.25) is 0 Å². The van der Waals surface area contributed by atoms with Crippen LogP contribution >= 0.6 is 0 Å². The van der Waals surface area contributed by atoms with Crippen molar-refractivity contribution in [1.29, 1.82) is 0 Å². The zero-order chi connectivity index (χ0) is 17.5. The molecule has 6 heteroatoms. The summed E-state index contributed by atoms with van der Waals surface area (Å²) < 4.78 is 5.29. The minimum atomic E-state index is -0.181. The van der Waals surface area contributed by atoms with Crippen LogP contribution in [0.4, 0.5) is 10.6 Å². The number of carbonyl (C=O) groups is 1. The van der Waals surface area contributed by atoms with E-state index in [0.29, 0.717) is 13.0 Å². The molecule has 2 amide bonds. The number of anilines is 1. The lowest BCUT2D eigenvalue weighted by atomic mass is 10.1. The Morgan fingerprint density at radius 3 is 2.80 bits per heavy atom. The first-order valence-corrected chi connectivity index (χ1v) is 8.97. The summed E-state index contributed by atoms with van der Waals surface area (Å²) in [7, 11) is 0. The number of pyridine rings is 1. The standard InChI is InChI=1S/C19H26N4O2/c1-15(12-17-6-5-11-25-17)22-19(24)21-14-16-7-8-18(20-13-16)23-9-3-2-4-10-23/h5-8,11,13,15H,2-4,9-10,12,14H2,1H3,(H2,21,22,24)/t15-/m0/s1. The average molecular weight is 342 g/mol. The summed E-state index contributed by atoms with van der Waals surface area (Å²) in [5.41, 5.74) is 0.995. The largest absolute Gasteiger partial charge is 0.469 e. The highest BCUT2D eigenvalue weighted by atomic mass is 16.3. The molecule has 0 radical (unpaired) electrons. The number of nitrogens with one attached hydrogen (secondary N) is 2. The Kier molecular flexibility index (Phi) is 5.93. The summed E-state index contributed by atoms with van der Waals surface area (Å²) in [6, 6.07) is 7.65. The van der Waals surface area contributed by atoms with Crippen molar-refractivity contribution < 1.29 is 9.21 Å². The first kappa shape index (κ1) is 17.3. The number of piperidine rings is 1. The number of rotatable bonds is 6. The Morgan fingerprint density at radius 2 is 2.12 bits per heavy atom. The lowest BCUT2D eigenvalue weighted by Gasteiger charge is -2.27. The SMILES string of the molecule is C[C@@H](Cc1ccco1)NC(=O)NCc1ccc(N2CCCCC2)nc1. The number of carbonyl (C=O) groups excluding carboxylic acids is 1. The van der Waals surface area contributed by atoms with Crippen molar-refractivity contribution in [2.45, 2.75) is 45.2 Å². The van der Waals surface area contributed by atoms with Crippen molar-refractivity contribution in [3.8, 4) is 0 Å². The minimum Gasteiger partial charge on any atom is -0.469 e. The van der Waals surface area contributed by atoms with Crippen molar-refractivity contribution in [2.24, 2.45) is 0 Å². The van der Waals surface area contributed by atoms with Crippen molar-refractivity contribution in [1.82, 2.24) is 15.6 Å². The fourth-order valence-corrected chi connectivity index (χ4v) is 3.07. The second-order valence-corrected chi connectivity index (χ2v) is 6.58. The van der Waals surface area contributed by atoms with E-state index in [1.54, 1.807) is 6.26 Å². The highest BCUT2D eigenvalue weighted by Gasteiger charge is 2.12. The van der Waals surface area contributed by atoms with Crippen LogP contribution in [0.1, 0.15) is 37.5 Å². The van der Waals surface area contributed by atoms with Gasteiger partial charge in [0.15, 0.2) is 0 Å². The quantitative estimate of drug-likeness (QED) is 0.846. The zero-order valence-corrected chi connectivity index (χ0v) is 14.7. The molecule has 1 fully saturated rings. The van der Waals surface area contributed by atoms with Gasteiger partial charge in [-0.1, -0.05) is 6.07 Å². The highest BCUT2D eigenvalue weighted by Crippen LogP contribution is 2.17. The summed E-state index contributed by atoms with van der Waals surface area (Å²) in [5, 5.41) is 5.79. The van der Waals surface area contributed by atoms with E-state index < -0.39 is 0 Å². The van der Waals surface area contributed by atoms with Crippen LogP contribution < -0.4 is 15.5 Å². The molecular weight excluding hydrogens is 316 g/mol. The van der Waals surface area contributed by atoms with Crippen molar-refractivity contribution >= 4 is 11.8 Å². The van der Waals surface area contributed by atoms with E-state index in [9.17, 15) is 4.79 Å². The maximum atomic E-state index is 12.0. The van der Waals surface area contributed by atoms with Gasteiger partial charge in [0.2, 0.25) is 0 Å². The Morgan fingerprint density at radius 1 is 1.28 bits per heavy atom. The molecule has 2 aromatic heterocycles. The number of urea groups is 1. The Balaban J connectivity index is 1.42. The number of amides is 2. The van der Waals surface area contributed by atoms with Crippen molar-refractivity contribution in [3.63, 3.8) is 0 Å². The highest BCUT2D eigenvalue weighted by molar-refractivity contribution is 5.74. The summed E-state index contributed by atoms with van der Waals surface area (Å²) in [6.07, 6.45) is 7.94. The van der Waals surface area contributed by atoms with Gasteiger partial charge in [-0.05, 0) is 49.9 Å². The molecule has 0 bridgehead atoms. The summed E-state index contributed by atoms with van der Waals surface area (Å²) in [4.78, 5) is 18.8. The van der Waals surface area contributed by atoms with Crippen molar-refractivity contribution in [3.05, 3.63) is 48.0 Å². The topological polar surface area (TPSA) is 70.4 Å². The fraction of sp³-hybridized carbons (Fsp3) is 0.474. The number of hydrogen-bond donors (Lipinski definition) is 2. The molecule has 0 aliphatic carbocycles. The molecule has 1 aliphatic rings. The van der Waals surface area contributed by atoms with E-state index >= 15 is 0 Å². The first-order valence-electron chi connectivity index (χ1n) is 8.97. The predicted molar refractivity (Wildman–Crippen MR) is 97.5 cm³/mol. The molecule has 0 unspecified atom stereocenters. The van der Waals surface area contributed by atoms with Gasteiger partial charge in [0, 0.05) is 38.3 Å². The molecule has 0 aromatic carbocycles. The van der Waals surface area contributed by atoms with Crippen LogP contribution in [0.3, 0.4) is 0 Å². The maximum Gasteiger partial charge on any atom is 0.315 e. The normalized spacial score (nSPS) is 15.6. The van der Waals surface area contributed by atoms with E-state index in [1.807, 2.05) is 37.4 Å². The lowest BCUT2D eigenvalue weighted by Crippen LogP contribution is -2.41. The third-order valence-electron chi connectivity index (χ3n) is 4.41. The number of aromatic nitrogens is 1. The molecular formula is C19H26N4O2. The molecule has 3 heterocycles. The van der Waals surface area contributed by atoms with Gasteiger partial charge in [0.25, 0.3) is 0 Å². The smallest absolute Gasteiger partial charge is 0.315 e. The third kappa shape index (κ3) is 5.24. The van der Waals surface area contributed by atoms with Gasteiger partial charge in [-0.25, -0.2) is 9.78 Å². The minimum absolute atomic E-state index is 0.00533. The monoisotopic (exact) mass is 342 g/mol. The molecule has 1 aliphatic heterocycles. The van der Waals surface area contributed by atoms with Gasteiger partial charge in [0.1, 0.15) is 11.6 Å². The summed E-state index contributed by atoms with van der Waals surface area (Å²) in [5.74, 6) is 1.89. The fourth-order valence-electron chi connectivity index (χ4n) is 3.07. The third-order valence-corrected chi connectivity index (χ3v) is 4.41. The van der Waals surface area contributed by atoms with E-state index in [-0.39, 0.29) is 12.1 Å². The van der Waals surface area contributed by atoms with Gasteiger partial charge >= 0.3 is 6.03 Å². The second kappa shape index (κ2) is 8.55. The van der Waals surface area contributed by atoms with E-state index in [4.69, 9.17) is 4.42 Å². The van der Waals surface area contributed by atoms with Crippen LogP contribution in [0, 0.1) is 0 Å². The molecule has 0 spiro atoms. The van der Waals surface area contributed by atoms with Gasteiger partial charge in [-0.2, -0.15) is 0 Å². The molecule has 1 atom stereocenters. The number of furan rings is 1. The molecule has 2 aromatic rings. The summed E-state index contributed by atoms with van der Waals surface area (Å²) >= 11 is 0. The molecule has 1 saturated heterocycles. The van der Waals surface area contributed by atoms with E-state index in [1.165, 1.54) is 19.3 Å². The van der Waals surface area contributed by atoms with Crippen LogP contribution in [0.15, 0.2) is 41.1 Å². The van der Waals surface area contributed by atoms with E-state index in [0.717, 1.165) is 30.2 Å². The Bertz CT molecular complexity index is 649. The molecule has 2 N–H and O–H groups in total. The Labute approximate surface area is 148 Å². The lowest BCUT2D eigenvalue weighted by molar-refractivity contribution is 0.237. The van der Waals surface area contributed by atoms with Gasteiger partial charge in [0.05, 0.1) is 6.26 Å². The van der Waals surface area contributed by atoms with Crippen LogP contribution in [0.5, 0.6) is 0 Å². The van der Waals surface area contributed by atoms with Crippen LogP contribution in [0.25, 0.3) is 0 Å².